The van der Waals surface area contributed by atoms with Crippen LogP contribution in [0.5, 0.6) is 0 Å². The molecule has 0 aliphatic rings. The Hall–Kier alpha value is -2.79. The normalized spacial score (nSPS) is 12.2. The molecule has 2 aromatic heterocycles. The number of hydrogen-bond acceptors (Lipinski definition) is 4. The van der Waals surface area contributed by atoms with E-state index in [0.29, 0.717) is 15.3 Å². The van der Waals surface area contributed by atoms with Gasteiger partial charge in [-0.2, -0.15) is 0 Å². The van der Waals surface area contributed by atoms with Gasteiger partial charge in [0.25, 0.3) is 5.56 Å². The lowest BCUT2D eigenvalue weighted by molar-refractivity contribution is 1.09. The third-order valence-electron chi connectivity index (χ3n) is 4.32. The molecule has 0 aliphatic heterocycles. The molecule has 0 aliphatic carbocycles. The van der Waals surface area contributed by atoms with Gasteiger partial charge in [-0.15, -0.1) is 10.2 Å². The second-order valence-corrected chi connectivity index (χ2v) is 6.98. The number of thiazole rings is 1. The van der Waals surface area contributed by atoms with Crippen LogP contribution in [0, 0.1) is 6.92 Å². The van der Waals surface area contributed by atoms with E-state index in [-0.39, 0.29) is 5.56 Å². The summed E-state index contributed by atoms with van der Waals surface area (Å²) in [5.41, 5.74) is 4.24. The van der Waals surface area contributed by atoms with Gasteiger partial charge in [0.05, 0.1) is 4.53 Å². The van der Waals surface area contributed by atoms with E-state index in [2.05, 4.69) is 29.3 Å². The van der Waals surface area contributed by atoms with Crippen LogP contribution in [0.15, 0.2) is 53.3 Å². The first-order chi connectivity index (χ1) is 12.2. The van der Waals surface area contributed by atoms with Crippen molar-refractivity contribution in [1.29, 1.82) is 0 Å². The Morgan fingerprint density at radius 3 is 2.56 bits per heavy atom. The van der Waals surface area contributed by atoms with Crippen LogP contribution in [0.1, 0.15) is 23.6 Å². The molecule has 124 valence electrons. The zero-order chi connectivity index (χ0) is 17.4. The van der Waals surface area contributed by atoms with Crippen LogP contribution in [-0.4, -0.2) is 14.6 Å². The first-order valence-corrected chi connectivity index (χ1v) is 9.03. The molecule has 0 saturated heterocycles. The zero-order valence-electron chi connectivity index (χ0n) is 14.1. The van der Waals surface area contributed by atoms with Gasteiger partial charge in [0.2, 0.25) is 4.96 Å². The molecule has 25 heavy (non-hydrogen) atoms. The molecule has 0 radical (unpaired) electrons. The number of rotatable bonds is 3. The smallest absolute Gasteiger partial charge is 0.267 e. The predicted molar refractivity (Wildman–Crippen MR) is 102 cm³/mol. The quantitative estimate of drug-likeness (QED) is 0.572. The molecule has 0 spiro atoms. The SMILES string of the molecule is CCc1ccc(/C=c2/sc3nnc(-c4ccccc4C)n3c2=O)cc1. The predicted octanol–water partition coefficient (Wildman–Crippen LogP) is 3.24. The summed E-state index contributed by atoms with van der Waals surface area (Å²) in [6.45, 7) is 4.14. The summed E-state index contributed by atoms with van der Waals surface area (Å²) in [6.07, 6.45) is 2.92. The molecular formula is C20H17N3OS. The van der Waals surface area contributed by atoms with Crippen molar-refractivity contribution in [1.82, 2.24) is 14.6 Å². The van der Waals surface area contributed by atoms with E-state index in [1.807, 2.05) is 49.4 Å². The van der Waals surface area contributed by atoms with Gasteiger partial charge in [-0.1, -0.05) is 66.8 Å². The fourth-order valence-electron chi connectivity index (χ4n) is 2.86. The highest BCUT2D eigenvalue weighted by molar-refractivity contribution is 7.15. The van der Waals surface area contributed by atoms with Gasteiger partial charge in [-0.3, -0.25) is 4.79 Å². The van der Waals surface area contributed by atoms with Gasteiger partial charge in [-0.05, 0) is 36.1 Å². The molecule has 0 bridgehead atoms. The molecule has 0 unspecified atom stereocenters. The Bertz CT molecular complexity index is 1160. The van der Waals surface area contributed by atoms with Crippen molar-refractivity contribution < 1.29 is 0 Å². The van der Waals surface area contributed by atoms with Crippen LogP contribution >= 0.6 is 11.3 Å². The van der Waals surface area contributed by atoms with Gasteiger partial charge >= 0.3 is 0 Å². The fraction of sp³-hybridized carbons (Fsp3) is 0.150. The third-order valence-corrected chi connectivity index (χ3v) is 5.28. The second kappa shape index (κ2) is 6.26. The Morgan fingerprint density at radius 1 is 1.08 bits per heavy atom. The first kappa shape index (κ1) is 15.7. The molecule has 0 saturated carbocycles. The van der Waals surface area contributed by atoms with Gasteiger partial charge in [0.15, 0.2) is 5.82 Å². The number of hydrogen-bond donors (Lipinski definition) is 0. The molecule has 0 N–H and O–H groups in total. The van der Waals surface area contributed by atoms with E-state index in [1.165, 1.54) is 16.9 Å². The van der Waals surface area contributed by atoms with E-state index in [4.69, 9.17) is 0 Å². The van der Waals surface area contributed by atoms with E-state index < -0.39 is 0 Å². The highest BCUT2D eigenvalue weighted by Gasteiger charge is 2.15. The van der Waals surface area contributed by atoms with Crippen LogP contribution < -0.4 is 10.1 Å². The maximum absolute atomic E-state index is 12.9. The van der Waals surface area contributed by atoms with Crippen molar-refractivity contribution in [3.8, 4) is 11.4 Å². The summed E-state index contributed by atoms with van der Waals surface area (Å²) >= 11 is 1.37. The van der Waals surface area contributed by atoms with Crippen LogP contribution in [0.25, 0.3) is 22.4 Å². The number of aryl methyl sites for hydroxylation is 2. The van der Waals surface area contributed by atoms with Crippen LogP contribution in [0.2, 0.25) is 0 Å². The summed E-state index contributed by atoms with van der Waals surface area (Å²) in [6, 6.07) is 16.2. The topological polar surface area (TPSA) is 47.3 Å². The van der Waals surface area contributed by atoms with Crippen LogP contribution in [0.4, 0.5) is 0 Å². The monoisotopic (exact) mass is 347 g/mol. The average Bonchev–Trinajstić information content (AvgIpc) is 3.17. The van der Waals surface area contributed by atoms with Crippen molar-refractivity contribution in [2.24, 2.45) is 0 Å². The Balaban J connectivity index is 1.88. The number of fused-ring (bicyclic) bond motifs is 1. The Morgan fingerprint density at radius 2 is 1.84 bits per heavy atom. The summed E-state index contributed by atoms with van der Waals surface area (Å²) < 4.78 is 2.28. The molecular weight excluding hydrogens is 330 g/mol. The standard InChI is InChI=1S/C20H17N3OS/c1-3-14-8-10-15(11-9-14)12-17-19(24)23-18(21-22-20(23)25-17)16-7-5-4-6-13(16)2/h4-12H,3H2,1-2H3/b17-12+. The van der Waals surface area contributed by atoms with Gasteiger partial charge < -0.3 is 0 Å². The van der Waals surface area contributed by atoms with Crippen LogP contribution in [0.3, 0.4) is 0 Å². The van der Waals surface area contributed by atoms with Crippen molar-refractivity contribution in [3.05, 3.63) is 80.1 Å². The Labute approximate surface area is 149 Å². The van der Waals surface area contributed by atoms with E-state index in [0.717, 1.165) is 23.1 Å². The lowest BCUT2D eigenvalue weighted by atomic mass is 10.1. The minimum absolute atomic E-state index is 0.0668. The summed E-state index contributed by atoms with van der Waals surface area (Å²) in [5, 5.41) is 8.43. The molecule has 2 heterocycles. The van der Waals surface area contributed by atoms with E-state index in [9.17, 15) is 4.79 Å². The third kappa shape index (κ3) is 2.76. The van der Waals surface area contributed by atoms with Crippen molar-refractivity contribution in [2.45, 2.75) is 20.3 Å². The average molecular weight is 347 g/mol. The zero-order valence-corrected chi connectivity index (χ0v) is 14.9. The van der Waals surface area contributed by atoms with E-state index in [1.54, 1.807) is 4.40 Å². The highest BCUT2D eigenvalue weighted by Crippen LogP contribution is 2.21. The highest BCUT2D eigenvalue weighted by atomic mass is 32.1. The van der Waals surface area contributed by atoms with Gasteiger partial charge in [0, 0.05) is 5.56 Å². The molecule has 0 amide bonds. The largest absolute Gasteiger partial charge is 0.276 e. The van der Waals surface area contributed by atoms with Crippen molar-refractivity contribution in [2.75, 3.05) is 0 Å². The summed E-state index contributed by atoms with van der Waals surface area (Å²) in [5.74, 6) is 0.607. The van der Waals surface area contributed by atoms with Gasteiger partial charge in [-0.25, -0.2) is 4.40 Å². The second-order valence-electron chi connectivity index (χ2n) is 5.97. The molecule has 0 atom stereocenters. The lowest BCUT2D eigenvalue weighted by Gasteiger charge is -2.01. The minimum atomic E-state index is -0.0668. The van der Waals surface area contributed by atoms with Crippen LogP contribution in [-0.2, 0) is 6.42 Å². The maximum Gasteiger partial charge on any atom is 0.276 e. The van der Waals surface area contributed by atoms with Gasteiger partial charge in [0.1, 0.15) is 0 Å². The number of aromatic nitrogens is 3. The minimum Gasteiger partial charge on any atom is -0.267 e. The Kier molecular flexibility index (Phi) is 3.93. The molecule has 5 heteroatoms. The molecule has 2 aromatic carbocycles. The molecule has 0 fully saturated rings. The first-order valence-electron chi connectivity index (χ1n) is 8.22. The number of benzene rings is 2. The van der Waals surface area contributed by atoms with E-state index >= 15 is 0 Å². The lowest BCUT2D eigenvalue weighted by Crippen LogP contribution is -2.23. The van der Waals surface area contributed by atoms with Crippen molar-refractivity contribution >= 4 is 22.4 Å². The molecule has 4 rings (SSSR count). The maximum atomic E-state index is 12.9. The molecule has 4 nitrogen and oxygen atoms in total. The fourth-order valence-corrected chi connectivity index (χ4v) is 3.77. The molecule has 4 aromatic rings. The number of nitrogens with zero attached hydrogens (tertiary/aromatic N) is 3. The summed E-state index contributed by atoms with van der Waals surface area (Å²) in [7, 11) is 0. The van der Waals surface area contributed by atoms with Crippen molar-refractivity contribution in [3.63, 3.8) is 0 Å². The summed E-state index contributed by atoms with van der Waals surface area (Å²) in [4.78, 5) is 13.5.